The molecule has 2 fully saturated rings. The van der Waals surface area contributed by atoms with Crippen LogP contribution in [0.2, 0.25) is 0 Å². The molecule has 3 aromatic rings. The van der Waals surface area contributed by atoms with Crippen molar-refractivity contribution in [2.24, 2.45) is 0 Å². The van der Waals surface area contributed by atoms with Gasteiger partial charge in [0.25, 0.3) is 15.9 Å². The number of sulfonamides is 1. The quantitative estimate of drug-likeness (QED) is 0.242. The number of amides is 1. The Labute approximate surface area is 257 Å². The smallest absolute Gasteiger partial charge is 0.262 e. The maximum Gasteiger partial charge on any atom is 0.262 e. The van der Waals surface area contributed by atoms with Crippen molar-refractivity contribution in [1.29, 1.82) is 0 Å². The molecule has 10 heteroatoms. The Bertz CT molecular complexity index is 1420. The largest absolute Gasteiger partial charge is 0.455 e. The number of hydrogen-bond donors (Lipinski definition) is 2. The summed E-state index contributed by atoms with van der Waals surface area (Å²) in [5.74, 6) is 0.757. The van der Waals surface area contributed by atoms with Crippen molar-refractivity contribution < 1.29 is 17.9 Å². The molecule has 2 heterocycles. The number of halogens is 1. The zero-order valence-electron chi connectivity index (χ0n) is 23.8. The van der Waals surface area contributed by atoms with E-state index < -0.39 is 10.0 Å². The lowest BCUT2D eigenvalue weighted by atomic mass is 10.00. The number of likely N-dealkylation sites (tertiary alicyclic amines) is 2. The summed E-state index contributed by atoms with van der Waals surface area (Å²) in [5.41, 5.74) is 0.744. The number of carbonyl (C=O) groups excluding carboxylic acids is 1. The zero-order chi connectivity index (χ0) is 29.4. The first kappa shape index (κ1) is 30.5. The van der Waals surface area contributed by atoms with Crippen molar-refractivity contribution in [3.63, 3.8) is 0 Å². The summed E-state index contributed by atoms with van der Waals surface area (Å²) in [5, 5.41) is 2.97. The summed E-state index contributed by atoms with van der Waals surface area (Å²) < 4.78 is 35.7. The van der Waals surface area contributed by atoms with Gasteiger partial charge in [-0.05, 0) is 125 Å². The monoisotopic (exact) mass is 654 g/mol. The lowest BCUT2D eigenvalue weighted by Crippen LogP contribution is -2.47. The standard InChI is InChI=1S/C32H39BrN4O4S/c33-26-11-13-28(14-12-26)41-31-8-3-2-7-30(31)35-42(39,40)29-15-9-25(10-16-29)32(38)34-19-6-20-36-23-17-27(18-24-36)37-21-4-1-5-22-37/h2-3,7-16,27,35H,1,4-6,17-24H2,(H,34,38). The lowest BCUT2D eigenvalue weighted by Gasteiger charge is -2.40. The minimum atomic E-state index is -3.90. The second-order valence-corrected chi connectivity index (χ2v) is 13.6. The first-order chi connectivity index (χ1) is 20.4. The van der Waals surface area contributed by atoms with E-state index in [2.05, 4.69) is 35.8 Å². The van der Waals surface area contributed by atoms with Crippen LogP contribution in [-0.2, 0) is 10.0 Å². The van der Waals surface area contributed by atoms with E-state index in [1.54, 1.807) is 48.5 Å². The zero-order valence-corrected chi connectivity index (χ0v) is 26.2. The second kappa shape index (κ2) is 14.5. The molecule has 224 valence electrons. The summed E-state index contributed by atoms with van der Waals surface area (Å²) in [6.07, 6.45) is 7.42. The van der Waals surface area contributed by atoms with Gasteiger partial charge in [0.2, 0.25) is 0 Å². The van der Waals surface area contributed by atoms with E-state index >= 15 is 0 Å². The number of carbonyl (C=O) groups is 1. The van der Waals surface area contributed by atoms with Crippen LogP contribution < -0.4 is 14.8 Å². The number of hydrogen-bond acceptors (Lipinski definition) is 6. The molecule has 2 aliphatic heterocycles. The molecule has 2 N–H and O–H groups in total. The van der Waals surface area contributed by atoms with E-state index in [0.717, 1.165) is 36.6 Å². The fourth-order valence-corrected chi connectivity index (χ4v) is 6.99. The fourth-order valence-electron chi connectivity index (χ4n) is 5.66. The minimum Gasteiger partial charge on any atom is -0.455 e. The van der Waals surface area contributed by atoms with Crippen LogP contribution in [0.1, 0.15) is 48.9 Å². The second-order valence-electron chi connectivity index (χ2n) is 11.0. The van der Waals surface area contributed by atoms with Gasteiger partial charge in [0.05, 0.1) is 10.6 Å². The number of nitrogens with one attached hydrogen (secondary N) is 2. The van der Waals surface area contributed by atoms with E-state index in [1.165, 1.54) is 57.3 Å². The first-order valence-corrected chi connectivity index (χ1v) is 17.0. The number of nitrogens with zero attached hydrogens (tertiary/aromatic N) is 2. The summed E-state index contributed by atoms with van der Waals surface area (Å²) >= 11 is 3.39. The minimum absolute atomic E-state index is 0.0606. The van der Waals surface area contributed by atoms with Gasteiger partial charge in [-0.25, -0.2) is 8.42 Å². The number of ether oxygens (including phenoxy) is 1. The van der Waals surface area contributed by atoms with Crippen molar-refractivity contribution in [3.05, 3.63) is 82.8 Å². The van der Waals surface area contributed by atoms with Crippen LogP contribution in [-0.4, -0.2) is 69.4 Å². The Balaban J connectivity index is 1.08. The van der Waals surface area contributed by atoms with E-state index in [0.29, 0.717) is 29.3 Å². The van der Waals surface area contributed by atoms with Crippen LogP contribution in [0.15, 0.2) is 82.2 Å². The lowest BCUT2D eigenvalue weighted by molar-refractivity contribution is 0.0902. The molecule has 3 aromatic carbocycles. The summed E-state index contributed by atoms with van der Waals surface area (Å²) in [7, 11) is -3.90. The Kier molecular flexibility index (Phi) is 10.5. The fraction of sp³-hybridized carbons (Fsp3) is 0.406. The van der Waals surface area contributed by atoms with Crippen LogP contribution >= 0.6 is 15.9 Å². The Hall–Kier alpha value is -2.92. The van der Waals surface area contributed by atoms with E-state index in [9.17, 15) is 13.2 Å². The highest BCUT2D eigenvalue weighted by molar-refractivity contribution is 9.10. The number of rotatable bonds is 11. The molecule has 8 nitrogen and oxygen atoms in total. The van der Waals surface area contributed by atoms with Crippen LogP contribution in [0.4, 0.5) is 5.69 Å². The highest BCUT2D eigenvalue weighted by atomic mass is 79.9. The van der Waals surface area contributed by atoms with Crippen molar-refractivity contribution >= 4 is 37.5 Å². The molecule has 0 aliphatic carbocycles. The SMILES string of the molecule is O=C(NCCCN1CCC(N2CCCCC2)CC1)c1ccc(S(=O)(=O)Nc2ccccc2Oc2ccc(Br)cc2)cc1. The molecule has 1 amide bonds. The summed E-state index contributed by atoms with van der Waals surface area (Å²) in [6.45, 7) is 6.33. The number of para-hydroxylation sites is 2. The molecule has 0 atom stereocenters. The summed E-state index contributed by atoms with van der Waals surface area (Å²) in [4.78, 5) is 17.9. The molecule has 0 spiro atoms. The molecule has 0 unspecified atom stereocenters. The maximum absolute atomic E-state index is 13.1. The van der Waals surface area contributed by atoms with Gasteiger partial charge in [-0.1, -0.05) is 34.5 Å². The van der Waals surface area contributed by atoms with E-state index in [1.807, 2.05) is 12.1 Å². The third-order valence-corrected chi connectivity index (χ3v) is 9.91. The summed E-state index contributed by atoms with van der Waals surface area (Å²) in [6, 6.07) is 20.8. The predicted octanol–water partition coefficient (Wildman–Crippen LogP) is 6.11. The van der Waals surface area contributed by atoms with Crippen LogP contribution in [0.25, 0.3) is 0 Å². The third kappa shape index (κ3) is 8.34. The van der Waals surface area contributed by atoms with Crippen molar-refractivity contribution in [2.45, 2.75) is 49.5 Å². The number of anilines is 1. The molecular formula is C32H39BrN4O4S. The van der Waals surface area contributed by atoms with Gasteiger partial charge in [0.1, 0.15) is 5.75 Å². The van der Waals surface area contributed by atoms with Crippen molar-refractivity contribution in [2.75, 3.05) is 44.0 Å². The maximum atomic E-state index is 13.1. The molecule has 0 aromatic heterocycles. The number of benzene rings is 3. The van der Waals surface area contributed by atoms with Gasteiger partial charge >= 0.3 is 0 Å². The Morgan fingerprint density at radius 1 is 0.881 bits per heavy atom. The Morgan fingerprint density at radius 3 is 2.29 bits per heavy atom. The molecule has 2 saturated heterocycles. The van der Waals surface area contributed by atoms with Gasteiger partial charge < -0.3 is 19.9 Å². The van der Waals surface area contributed by atoms with E-state index in [-0.39, 0.29) is 10.8 Å². The van der Waals surface area contributed by atoms with Gasteiger partial charge in [-0.2, -0.15) is 0 Å². The van der Waals surface area contributed by atoms with Gasteiger partial charge in [-0.3, -0.25) is 9.52 Å². The average Bonchev–Trinajstić information content (AvgIpc) is 3.02. The topological polar surface area (TPSA) is 91.0 Å². The molecule has 0 radical (unpaired) electrons. The van der Waals surface area contributed by atoms with Gasteiger partial charge in [0, 0.05) is 22.6 Å². The van der Waals surface area contributed by atoms with E-state index in [4.69, 9.17) is 4.74 Å². The molecule has 5 rings (SSSR count). The molecule has 0 saturated carbocycles. The third-order valence-electron chi connectivity index (χ3n) is 8.00. The van der Waals surface area contributed by atoms with Crippen LogP contribution in [0.5, 0.6) is 11.5 Å². The van der Waals surface area contributed by atoms with Crippen LogP contribution in [0, 0.1) is 0 Å². The highest BCUT2D eigenvalue weighted by Gasteiger charge is 2.25. The van der Waals surface area contributed by atoms with Crippen molar-refractivity contribution in [1.82, 2.24) is 15.1 Å². The van der Waals surface area contributed by atoms with Gasteiger partial charge in [0.15, 0.2) is 5.75 Å². The normalized spacial score (nSPS) is 17.1. The number of piperidine rings is 2. The van der Waals surface area contributed by atoms with Crippen molar-refractivity contribution in [3.8, 4) is 11.5 Å². The Morgan fingerprint density at radius 2 is 1.57 bits per heavy atom. The molecular weight excluding hydrogens is 616 g/mol. The average molecular weight is 656 g/mol. The molecule has 2 aliphatic rings. The highest BCUT2D eigenvalue weighted by Crippen LogP contribution is 2.31. The predicted molar refractivity (Wildman–Crippen MR) is 170 cm³/mol. The molecule has 0 bridgehead atoms. The molecule has 42 heavy (non-hydrogen) atoms. The van der Waals surface area contributed by atoms with Gasteiger partial charge in [-0.15, -0.1) is 0 Å². The first-order valence-electron chi connectivity index (χ1n) is 14.8. The van der Waals surface area contributed by atoms with Crippen LogP contribution in [0.3, 0.4) is 0 Å².